The fourth-order valence-corrected chi connectivity index (χ4v) is 2.98. The van der Waals surface area contributed by atoms with Gasteiger partial charge in [-0.3, -0.25) is 0 Å². The van der Waals surface area contributed by atoms with Gasteiger partial charge in [-0.15, -0.1) is 13.2 Å². The Kier molecular flexibility index (Phi) is 5.43. The Hall–Kier alpha value is -0.250. The zero-order valence-corrected chi connectivity index (χ0v) is 10.1. The highest BCUT2D eigenvalue weighted by molar-refractivity contribution is 7.99. The minimum atomic E-state index is -0.698. The van der Waals surface area contributed by atoms with Crippen molar-refractivity contribution >= 4 is 11.8 Å². The lowest BCUT2D eigenvalue weighted by Gasteiger charge is -2.27. The van der Waals surface area contributed by atoms with E-state index in [2.05, 4.69) is 18.5 Å². The van der Waals surface area contributed by atoms with Crippen molar-refractivity contribution in [2.24, 2.45) is 0 Å². The molecule has 3 heteroatoms. The van der Waals surface area contributed by atoms with Crippen LogP contribution in [0.2, 0.25) is 0 Å². The molecule has 15 heavy (non-hydrogen) atoms. The van der Waals surface area contributed by atoms with E-state index in [1.165, 1.54) is 12.2 Å². The molecule has 1 atom stereocenters. The minimum absolute atomic E-state index is 0.566. The van der Waals surface area contributed by atoms with Crippen molar-refractivity contribution in [1.29, 1.82) is 0 Å². The summed E-state index contributed by atoms with van der Waals surface area (Å²) in [5.41, 5.74) is -0.698. The maximum atomic E-state index is 10.3. The molecule has 0 bridgehead atoms. The lowest BCUT2D eigenvalue weighted by Crippen LogP contribution is -2.44. The number of hydrogen-bond acceptors (Lipinski definition) is 3. The van der Waals surface area contributed by atoms with Crippen LogP contribution in [0.4, 0.5) is 0 Å². The highest BCUT2D eigenvalue weighted by Crippen LogP contribution is 2.20. The predicted molar refractivity (Wildman–Crippen MR) is 68.3 cm³/mol. The van der Waals surface area contributed by atoms with E-state index in [1.54, 1.807) is 12.2 Å². The average Bonchev–Trinajstić information content (AvgIpc) is 2.68. The Morgan fingerprint density at radius 2 is 2.07 bits per heavy atom. The van der Waals surface area contributed by atoms with Crippen molar-refractivity contribution in [3.05, 3.63) is 25.3 Å². The summed E-state index contributed by atoms with van der Waals surface area (Å²) < 4.78 is 0. The van der Waals surface area contributed by atoms with Crippen molar-refractivity contribution in [3.63, 3.8) is 0 Å². The lowest BCUT2D eigenvalue weighted by molar-refractivity contribution is 0.0442. The van der Waals surface area contributed by atoms with Gasteiger partial charge in [0.15, 0.2) is 0 Å². The van der Waals surface area contributed by atoms with Crippen molar-refractivity contribution in [3.8, 4) is 0 Å². The smallest absolute Gasteiger partial charge is 0.0839 e. The van der Waals surface area contributed by atoms with Gasteiger partial charge in [0, 0.05) is 18.3 Å². The normalized spacial score (nSPS) is 21.5. The van der Waals surface area contributed by atoms with Crippen molar-refractivity contribution in [1.82, 2.24) is 5.32 Å². The van der Waals surface area contributed by atoms with Gasteiger partial charge in [-0.25, -0.2) is 0 Å². The van der Waals surface area contributed by atoms with Gasteiger partial charge in [0.25, 0.3) is 0 Å². The Bertz CT molecular complexity index is 202. The second-order valence-electron chi connectivity index (χ2n) is 4.15. The molecule has 0 aromatic heterocycles. The molecular formula is C12H21NOS. The van der Waals surface area contributed by atoms with Gasteiger partial charge in [0.05, 0.1) is 5.60 Å². The SMILES string of the molecule is C=CCC(O)(CC=C)CN[C@@H]1CCSC1. The lowest BCUT2D eigenvalue weighted by atomic mass is 9.95. The first kappa shape index (κ1) is 12.8. The number of hydrogen-bond donors (Lipinski definition) is 2. The molecule has 0 unspecified atom stereocenters. The first-order chi connectivity index (χ1) is 7.20. The van der Waals surface area contributed by atoms with E-state index in [0.717, 1.165) is 5.75 Å². The Morgan fingerprint density at radius 3 is 2.53 bits per heavy atom. The Labute approximate surface area is 96.8 Å². The number of nitrogens with one attached hydrogen (secondary N) is 1. The van der Waals surface area contributed by atoms with Gasteiger partial charge in [-0.05, 0) is 25.0 Å². The highest BCUT2D eigenvalue weighted by atomic mass is 32.2. The van der Waals surface area contributed by atoms with Crippen LogP contribution in [0.3, 0.4) is 0 Å². The second kappa shape index (κ2) is 6.36. The molecule has 0 aromatic carbocycles. The summed E-state index contributed by atoms with van der Waals surface area (Å²) in [4.78, 5) is 0. The molecule has 0 aliphatic carbocycles. The van der Waals surface area contributed by atoms with Crippen LogP contribution < -0.4 is 5.32 Å². The van der Waals surface area contributed by atoms with E-state index in [1.807, 2.05) is 11.8 Å². The summed E-state index contributed by atoms with van der Waals surface area (Å²) >= 11 is 1.98. The van der Waals surface area contributed by atoms with Crippen LogP contribution in [0.15, 0.2) is 25.3 Å². The number of rotatable bonds is 7. The van der Waals surface area contributed by atoms with Crippen LogP contribution in [-0.2, 0) is 0 Å². The molecule has 0 radical (unpaired) electrons. The molecule has 1 heterocycles. The molecule has 0 aromatic rings. The monoisotopic (exact) mass is 227 g/mol. The molecule has 0 spiro atoms. The van der Waals surface area contributed by atoms with E-state index < -0.39 is 5.60 Å². The van der Waals surface area contributed by atoms with Crippen molar-refractivity contribution < 1.29 is 5.11 Å². The van der Waals surface area contributed by atoms with Gasteiger partial charge in [0.1, 0.15) is 0 Å². The first-order valence-electron chi connectivity index (χ1n) is 5.45. The van der Waals surface area contributed by atoms with Crippen LogP contribution in [0.1, 0.15) is 19.3 Å². The number of aliphatic hydroxyl groups is 1. The molecule has 1 aliphatic rings. The largest absolute Gasteiger partial charge is 0.388 e. The fourth-order valence-electron chi connectivity index (χ4n) is 1.79. The summed E-state index contributed by atoms with van der Waals surface area (Å²) in [6, 6.07) is 0.566. The highest BCUT2D eigenvalue weighted by Gasteiger charge is 2.25. The molecule has 0 amide bonds. The quantitative estimate of drug-likeness (QED) is 0.652. The van der Waals surface area contributed by atoms with Gasteiger partial charge in [0.2, 0.25) is 0 Å². The third-order valence-corrected chi connectivity index (χ3v) is 3.86. The predicted octanol–water partition coefficient (Wildman–Crippen LogP) is 1.96. The van der Waals surface area contributed by atoms with Crippen LogP contribution in [0, 0.1) is 0 Å². The Morgan fingerprint density at radius 1 is 1.40 bits per heavy atom. The van der Waals surface area contributed by atoms with Crippen molar-refractivity contribution in [2.75, 3.05) is 18.1 Å². The van der Waals surface area contributed by atoms with Crippen LogP contribution in [-0.4, -0.2) is 34.8 Å². The van der Waals surface area contributed by atoms with Gasteiger partial charge >= 0.3 is 0 Å². The second-order valence-corrected chi connectivity index (χ2v) is 5.30. The summed E-state index contributed by atoms with van der Waals surface area (Å²) in [6.07, 6.45) is 5.99. The molecule has 2 N–H and O–H groups in total. The van der Waals surface area contributed by atoms with E-state index in [0.29, 0.717) is 25.4 Å². The third-order valence-electron chi connectivity index (χ3n) is 2.70. The van der Waals surface area contributed by atoms with Gasteiger partial charge in [-0.2, -0.15) is 11.8 Å². The van der Waals surface area contributed by atoms with Gasteiger partial charge in [-0.1, -0.05) is 12.2 Å². The summed E-state index contributed by atoms with van der Waals surface area (Å²) in [6.45, 7) is 8.00. The van der Waals surface area contributed by atoms with E-state index in [9.17, 15) is 5.11 Å². The standard InChI is InChI=1S/C12H21NOS/c1-3-6-12(14,7-4-2)10-13-11-5-8-15-9-11/h3-4,11,13-14H,1-2,5-10H2/t11-/m1/s1. The molecule has 86 valence electrons. The summed E-state index contributed by atoms with van der Waals surface area (Å²) in [5, 5.41) is 13.7. The molecular weight excluding hydrogens is 206 g/mol. The Balaban J connectivity index is 2.35. The van der Waals surface area contributed by atoms with Crippen LogP contribution >= 0.6 is 11.8 Å². The zero-order valence-electron chi connectivity index (χ0n) is 9.24. The number of thioether (sulfide) groups is 1. The third kappa shape index (κ3) is 4.41. The minimum Gasteiger partial charge on any atom is -0.388 e. The molecule has 1 fully saturated rings. The summed E-state index contributed by atoms with van der Waals surface area (Å²) in [5.74, 6) is 2.40. The molecule has 0 saturated carbocycles. The maximum Gasteiger partial charge on any atom is 0.0839 e. The van der Waals surface area contributed by atoms with Crippen LogP contribution in [0.5, 0.6) is 0 Å². The molecule has 1 saturated heterocycles. The fraction of sp³-hybridized carbons (Fsp3) is 0.667. The molecule has 1 aliphatic heterocycles. The van der Waals surface area contributed by atoms with E-state index >= 15 is 0 Å². The topological polar surface area (TPSA) is 32.3 Å². The van der Waals surface area contributed by atoms with Crippen LogP contribution in [0.25, 0.3) is 0 Å². The van der Waals surface area contributed by atoms with Gasteiger partial charge < -0.3 is 10.4 Å². The zero-order chi connectivity index (χ0) is 11.1. The molecule has 1 rings (SSSR count). The maximum absolute atomic E-state index is 10.3. The first-order valence-corrected chi connectivity index (χ1v) is 6.61. The van der Waals surface area contributed by atoms with E-state index in [-0.39, 0.29) is 0 Å². The van der Waals surface area contributed by atoms with Crippen molar-refractivity contribution in [2.45, 2.75) is 30.9 Å². The molecule has 2 nitrogen and oxygen atoms in total. The average molecular weight is 227 g/mol. The summed E-state index contributed by atoms with van der Waals surface area (Å²) in [7, 11) is 0. The van der Waals surface area contributed by atoms with E-state index in [4.69, 9.17) is 0 Å².